The van der Waals surface area contributed by atoms with E-state index >= 15 is 0 Å². The van der Waals surface area contributed by atoms with Gasteiger partial charge in [-0.2, -0.15) is 0 Å². The van der Waals surface area contributed by atoms with Crippen molar-refractivity contribution in [2.75, 3.05) is 17.6 Å². The number of benzene rings is 1. The maximum Gasteiger partial charge on any atom is 0.238 e. The topological polar surface area (TPSA) is 75.3 Å². The molecule has 0 spiro atoms. The maximum absolute atomic E-state index is 11.9. The van der Waals surface area contributed by atoms with Crippen molar-refractivity contribution >= 4 is 21.4 Å². The smallest absolute Gasteiger partial charge is 0.238 e. The van der Waals surface area contributed by atoms with Gasteiger partial charge in [-0.05, 0) is 25.0 Å². The van der Waals surface area contributed by atoms with Gasteiger partial charge in [-0.25, -0.2) is 8.42 Å². The largest absolute Gasteiger partial charge is 0.324 e. The number of hydrogen-bond acceptors (Lipinski definition) is 4. The lowest BCUT2D eigenvalue weighted by molar-refractivity contribution is -0.115. The van der Waals surface area contributed by atoms with Crippen LogP contribution in [0.25, 0.3) is 0 Å². The average molecular weight is 282 g/mol. The second kappa shape index (κ2) is 5.71. The number of sulfone groups is 1. The number of nitrogens with one attached hydrogen (secondary N) is 2. The molecule has 19 heavy (non-hydrogen) atoms. The minimum absolute atomic E-state index is 0.0141. The number of hydrogen-bond donors (Lipinski definition) is 2. The van der Waals surface area contributed by atoms with Gasteiger partial charge in [-0.3, -0.25) is 4.79 Å². The Hall–Kier alpha value is -1.40. The van der Waals surface area contributed by atoms with Crippen molar-refractivity contribution in [1.82, 2.24) is 5.32 Å². The molecule has 6 heteroatoms. The highest BCUT2D eigenvalue weighted by molar-refractivity contribution is 7.91. The van der Waals surface area contributed by atoms with Crippen LogP contribution in [0, 0.1) is 0 Å². The van der Waals surface area contributed by atoms with Gasteiger partial charge in [-0.15, -0.1) is 0 Å². The molecule has 1 fully saturated rings. The molecule has 0 aliphatic heterocycles. The van der Waals surface area contributed by atoms with Gasteiger partial charge in [0, 0.05) is 6.04 Å². The SMILES string of the molecule is CCS(=O)(=O)c1ccccc1NC(=O)CNC1CC1. The lowest BCUT2D eigenvalue weighted by Crippen LogP contribution is -2.29. The summed E-state index contributed by atoms with van der Waals surface area (Å²) in [5, 5.41) is 5.74. The Bertz CT molecular complexity index is 565. The number of carbonyl (C=O) groups excluding carboxylic acids is 1. The Morgan fingerprint density at radius 3 is 2.63 bits per heavy atom. The van der Waals surface area contributed by atoms with E-state index < -0.39 is 9.84 Å². The van der Waals surface area contributed by atoms with Gasteiger partial charge in [0.15, 0.2) is 9.84 Å². The predicted octanol–water partition coefficient (Wildman–Crippen LogP) is 1.17. The van der Waals surface area contributed by atoms with Gasteiger partial charge >= 0.3 is 0 Å². The highest BCUT2D eigenvalue weighted by Crippen LogP contribution is 2.22. The third kappa shape index (κ3) is 3.78. The second-order valence-corrected chi connectivity index (χ2v) is 6.85. The van der Waals surface area contributed by atoms with Gasteiger partial charge in [0.2, 0.25) is 5.91 Å². The van der Waals surface area contributed by atoms with Crippen LogP contribution >= 0.6 is 0 Å². The van der Waals surface area contributed by atoms with Gasteiger partial charge in [0.25, 0.3) is 0 Å². The molecule has 1 amide bonds. The van der Waals surface area contributed by atoms with Gasteiger partial charge < -0.3 is 10.6 Å². The first kappa shape index (κ1) is 14.0. The molecule has 104 valence electrons. The van der Waals surface area contributed by atoms with Crippen molar-refractivity contribution < 1.29 is 13.2 Å². The summed E-state index contributed by atoms with van der Waals surface area (Å²) >= 11 is 0. The molecule has 5 nitrogen and oxygen atoms in total. The molecule has 2 N–H and O–H groups in total. The maximum atomic E-state index is 11.9. The molecule has 1 aromatic carbocycles. The molecule has 0 unspecified atom stereocenters. The Labute approximate surface area is 113 Å². The first-order valence-electron chi connectivity index (χ1n) is 6.38. The summed E-state index contributed by atoms with van der Waals surface area (Å²) in [5.41, 5.74) is 0.354. The summed E-state index contributed by atoms with van der Waals surface area (Å²) in [4.78, 5) is 11.9. The number of amides is 1. The summed E-state index contributed by atoms with van der Waals surface area (Å²) in [6.07, 6.45) is 2.21. The molecule has 0 bridgehead atoms. The molecule has 2 rings (SSSR count). The van der Waals surface area contributed by atoms with Crippen molar-refractivity contribution in [3.63, 3.8) is 0 Å². The molecule has 0 aromatic heterocycles. The summed E-state index contributed by atoms with van der Waals surface area (Å²) in [5.74, 6) is -0.203. The predicted molar refractivity (Wildman–Crippen MR) is 73.8 cm³/mol. The first-order valence-corrected chi connectivity index (χ1v) is 8.03. The fraction of sp³-hybridized carbons (Fsp3) is 0.462. The van der Waals surface area contributed by atoms with Gasteiger partial charge in [0.1, 0.15) is 0 Å². The zero-order chi connectivity index (χ0) is 13.9. The normalized spacial score (nSPS) is 15.2. The van der Waals surface area contributed by atoms with E-state index in [0.717, 1.165) is 12.8 Å². The first-order chi connectivity index (χ1) is 9.03. The van der Waals surface area contributed by atoms with Crippen LogP contribution in [-0.2, 0) is 14.6 Å². The standard InChI is InChI=1S/C13H18N2O3S/c1-2-19(17,18)12-6-4-3-5-11(12)15-13(16)9-14-10-7-8-10/h3-6,10,14H,2,7-9H2,1H3,(H,15,16). The Morgan fingerprint density at radius 2 is 2.00 bits per heavy atom. The molecule has 1 saturated carbocycles. The van der Waals surface area contributed by atoms with E-state index in [-0.39, 0.29) is 23.1 Å². The van der Waals surface area contributed by atoms with Crippen LogP contribution in [0.5, 0.6) is 0 Å². The monoisotopic (exact) mass is 282 g/mol. The van der Waals surface area contributed by atoms with Crippen LogP contribution in [0.15, 0.2) is 29.2 Å². The zero-order valence-electron chi connectivity index (χ0n) is 10.8. The van der Waals surface area contributed by atoms with Crippen molar-refractivity contribution in [2.45, 2.75) is 30.7 Å². The zero-order valence-corrected chi connectivity index (χ0v) is 11.7. The number of carbonyl (C=O) groups is 1. The van der Waals surface area contributed by atoms with Crippen LogP contribution in [0.1, 0.15) is 19.8 Å². The number of rotatable bonds is 6. The molecular formula is C13H18N2O3S. The highest BCUT2D eigenvalue weighted by atomic mass is 32.2. The molecule has 0 radical (unpaired) electrons. The van der Waals surface area contributed by atoms with E-state index in [4.69, 9.17) is 0 Å². The quantitative estimate of drug-likeness (QED) is 0.821. The third-order valence-electron chi connectivity index (χ3n) is 3.00. The van der Waals surface area contributed by atoms with E-state index in [2.05, 4.69) is 10.6 Å². The highest BCUT2D eigenvalue weighted by Gasteiger charge is 2.22. The van der Waals surface area contributed by atoms with Crippen molar-refractivity contribution in [3.8, 4) is 0 Å². The van der Waals surface area contributed by atoms with Crippen LogP contribution in [0.2, 0.25) is 0 Å². The number of para-hydroxylation sites is 1. The molecule has 0 heterocycles. The lowest BCUT2D eigenvalue weighted by atomic mass is 10.3. The summed E-state index contributed by atoms with van der Waals surface area (Å²) in [6.45, 7) is 1.80. The third-order valence-corrected chi connectivity index (χ3v) is 4.79. The number of anilines is 1. The van der Waals surface area contributed by atoms with E-state index in [1.165, 1.54) is 6.07 Å². The van der Waals surface area contributed by atoms with Crippen molar-refractivity contribution in [2.24, 2.45) is 0 Å². The minimum atomic E-state index is -3.33. The molecule has 0 atom stereocenters. The van der Waals surface area contributed by atoms with E-state index in [9.17, 15) is 13.2 Å². The molecule has 1 aliphatic carbocycles. The van der Waals surface area contributed by atoms with Crippen molar-refractivity contribution in [1.29, 1.82) is 0 Å². The van der Waals surface area contributed by atoms with Crippen LogP contribution in [0.3, 0.4) is 0 Å². The van der Waals surface area contributed by atoms with Crippen LogP contribution in [-0.4, -0.2) is 32.7 Å². The summed E-state index contributed by atoms with van der Waals surface area (Å²) in [7, 11) is -3.33. The van der Waals surface area contributed by atoms with Crippen LogP contribution < -0.4 is 10.6 Å². The fourth-order valence-corrected chi connectivity index (χ4v) is 2.77. The molecule has 1 aromatic rings. The Kier molecular flexibility index (Phi) is 4.21. The average Bonchev–Trinajstić information content (AvgIpc) is 3.21. The van der Waals surface area contributed by atoms with Crippen LogP contribution in [0.4, 0.5) is 5.69 Å². The fourth-order valence-electron chi connectivity index (χ4n) is 1.72. The summed E-state index contributed by atoms with van der Waals surface area (Å²) < 4.78 is 23.8. The van der Waals surface area contributed by atoms with E-state index in [1.807, 2.05) is 0 Å². The molecule has 1 aliphatic rings. The van der Waals surface area contributed by atoms with Gasteiger partial charge in [-0.1, -0.05) is 19.1 Å². The lowest BCUT2D eigenvalue weighted by Gasteiger charge is -2.11. The molecular weight excluding hydrogens is 264 g/mol. The second-order valence-electron chi connectivity index (χ2n) is 4.60. The minimum Gasteiger partial charge on any atom is -0.324 e. The Balaban J connectivity index is 2.08. The van der Waals surface area contributed by atoms with Crippen molar-refractivity contribution in [3.05, 3.63) is 24.3 Å². The van der Waals surface area contributed by atoms with Gasteiger partial charge in [0.05, 0.1) is 22.9 Å². The summed E-state index contributed by atoms with van der Waals surface area (Å²) in [6, 6.07) is 6.93. The Morgan fingerprint density at radius 1 is 1.32 bits per heavy atom. The van der Waals surface area contributed by atoms with E-state index in [0.29, 0.717) is 11.7 Å². The molecule has 0 saturated heterocycles. The van der Waals surface area contributed by atoms with E-state index in [1.54, 1.807) is 25.1 Å².